The van der Waals surface area contributed by atoms with Crippen LogP contribution in [-0.4, -0.2) is 46.8 Å². The molecule has 2 aromatic rings. The highest BCUT2D eigenvalue weighted by molar-refractivity contribution is 5.77. The number of alkyl halides is 3. The Labute approximate surface area is 167 Å². The summed E-state index contributed by atoms with van der Waals surface area (Å²) in [5, 5.41) is 0. The molecule has 29 heavy (non-hydrogen) atoms. The minimum absolute atomic E-state index is 0.0129. The highest BCUT2D eigenvalue weighted by atomic mass is 19.4. The summed E-state index contributed by atoms with van der Waals surface area (Å²) in [6, 6.07) is 3.14. The summed E-state index contributed by atoms with van der Waals surface area (Å²) in [5.74, 6) is 0. The molecule has 2 heterocycles. The van der Waals surface area contributed by atoms with Gasteiger partial charge in [-0.05, 0) is 63.1 Å². The van der Waals surface area contributed by atoms with Crippen molar-refractivity contribution in [1.82, 2.24) is 14.5 Å². The third-order valence-electron chi connectivity index (χ3n) is 6.73. The van der Waals surface area contributed by atoms with E-state index in [-0.39, 0.29) is 22.8 Å². The van der Waals surface area contributed by atoms with E-state index in [1.165, 1.54) is 13.0 Å². The molecule has 2 aliphatic rings. The minimum Gasteiger partial charge on any atom is -0.381 e. The molecule has 0 spiro atoms. The maximum absolute atomic E-state index is 13.2. The average Bonchev–Trinajstić information content (AvgIpc) is 3.01. The zero-order valence-corrected chi connectivity index (χ0v) is 16.9. The van der Waals surface area contributed by atoms with Crippen molar-refractivity contribution in [3.05, 3.63) is 33.7 Å². The Hall–Kier alpha value is -1.80. The van der Waals surface area contributed by atoms with Crippen molar-refractivity contribution >= 4 is 11.0 Å². The van der Waals surface area contributed by atoms with E-state index in [4.69, 9.17) is 4.74 Å². The lowest BCUT2D eigenvalue weighted by Gasteiger charge is -2.40. The number of benzene rings is 1. The molecule has 0 radical (unpaired) electrons. The lowest BCUT2D eigenvalue weighted by Crippen LogP contribution is -2.45. The third-order valence-corrected chi connectivity index (χ3v) is 6.73. The second-order valence-corrected chi connectivity index (χ2v) is 8.42. The SMILES string of the molecule is COC1CCC(N2CCC(n3c(=O)[nH]c4cc(C(F)(F)F)c(C)cc43)CC2)CC1. The van der Waals surface area contributed by atoms with Crippen LogP contribution in [0.2, 0.25) is 0 Å². The van der Waals surface area contributed by atoms with Gasteiger partial charge in [-0.2, -0.15) is 13.2 Å². The summed E-state index contributed by atoms with van der Waals surface area (Å²) < 4.78 is 46.7. The number of ether oxygens (including phenoxy) is 1. The second-order valence-electron chi connectivity index (χ2n) is 8.42. The Morgan fingerprint density at radius 3 is 2.28 bits per heavy atom. The number of hydrogen-bond donors (Lipinski definition) is 1. The van der Waals surface area contributed by atoms with Crippen LogP contribution >= 0.6 is 0 Å². The number of fused-ring (bicyclic) bond motifs is 1. The first kappa shape index (κ1) is 20.5. The van der Waals surface area contributed by atoms with Gasteiger partial charge < -0.3 is 14.6 Å². The van der Waals surface area contributed by atoms with Gasteiger partial charge in [0.25, 0.3) is 0 Å². The number of piperidine rings is 1. The number of hydrogen-bond acceptors (Lipinski definition) is 3. The first-order valence-corrected chi connectivity index (χ1v) is 10.4. The maximum atomic E-state index is 13.2. The summed E-state index contributed by atoms with van der Waals surface area (Å²) in [6.07, 6.45) is 2.05. The van der Waals surface area contributed by atoms with Gasteiger partial charge in [0, 0.05) is 32.3 Å². The van der Waals surface area contributed by atoms with Crippen LogP contribution in [0.25, 0.3) is 11.0 Å². The standard InChI is InChI=1S/C21H28F3N3O2/c1-13-11-19-18(12-17(13)21(22,23)24)25-20(28)27(19)15-7-9-26(10-8-15)14-3-5-16(29-2)6-4-14/h11-12,14-16H,3-10H2,1-2H3,(H,25,28). The molecule has 1 aliphatic heterocycles. The molecule has 2 fully saturated rings. The predicted molar refractivity (Wildman–Crippen MR) is 105 cm³/mol. The largest absolute Gasteiger partial charge is 0.416 e. The van der Waals surface area contributed by atoms with E-state index < -0.39 is 11.7 Å². The van der Waals surface area contributed by atoms with Crippen molar-refractivity contribution < 1.29 is 17.9 Å². The van der Waals surface area contributed by atoms with Crippen LogP contribution in [0.1, 0.15) is 55.7 Å². The lowest BCUT2D eigenvalue weighted by molar-refractivity contribution is -0.137. The van der Waals surface area contributed by atoms with Crippen LogP contribution in [0.15, 0.2) is 16.9 Å². The van der Waals surface area contributed by atoms with Crippen molar-refractivity contribution in [3.63, 3.8) is 0 Å². The molecule has 5 nitrogen and oxygen atoms in total. The van der Waals surface area contributed by atoms with E-state index in [1.807, 2.05) is 0 Å². The lowest BCUT2D eigenvalue weighted by atomic mass is 9.90. The van der Waals surface area contributed by atoms with E-state index in [0.29, 0.717) is 17.7 Å². The molecule has 0 unspecified atom stereocenters. The number of halogens is 3. The van der Waals surface area contributed by atoms with Gasteiger partial charge in [-0.1, -0.05) is 0 Å². The fourth-order valence-electron chi connectivity index (χ4n) is 5.10. The molecule has 0 atom stereocenters. The van der Waals surface area contributed by atoms with Gasteiger partial charge in [-0.25, -0.2) is 4.79 Å². The van der Waals surface area contributed by atoms with E-state index >= 15 is 0 Å². The van der Waals surface area contributed by atoms with E-state index in [1.54, 1.807) is 11.7 Å². The van der Waals surface area contributed by atoms with E-state index in [0.717, 1.165) is 57.7 Å². The average molecular weight is 411 g/mol. The fourth-order valence-corrected chi connectivity index (χ4v) is 5.10. The first-order chi connectivity index (χ1) is 13.8. The highest BCUT2D eigenvalue weighted by Gasteiger charge is 2.34. The summed E-state index contributed by atoms with van der Waals surface area (Å²) in [6.45, 7) is 3.26. The molecular formula is C21H28F3N3O2. The molecule has 1 N–H and O–H groups in total. The molecule has 8 heteroatoms. The zero-order valence-electron chi connectivity index (χ0n) is 16.9. The second kappa shape index (κ2) is 7.80. The number of rotatable bonds is 3. The molecule has 160 valence electrons. The van der Waals surface area contributed by atoms with Gasteiger partial charge in [0.1, 0.15) is 0 Å². The summed E-state index contributed by atoms with van der Waals surface area (Å²) in [7, 11) is 1.77. The molecule has 1 saturated heterocycles. The Kier molecular flexibility index (Phi) is 5.50. The van der Waals surface area contributed by atoms with E-state index in [2.05, 4.69) is 9.88 Å². The monoisotopic (exact) mass is 411 g/mol. The normalized spacial score (nSPS) is 25.0. The Bertz CT molecular complexity index is 918. The number of aromatic nitrogens is 2. The van der Waals surface area contributed by atoms with Crippen molar-refractivity contribution in [1.29, 1.82) is 0 Å². The molecule has 1 aliphatic carbocycles. The van der Waals surface area contributed by atoms with Crippen LogP contribution in [-0.2, 0) is 10.9 Å². The van der Waals surface area contributed by atoms with E-state index in [9.17, 15) is 18.0 Å². The minimum atomic E-state index is -4.43. The van der Waals surface area contributed by atoms with Gasteiger partial charge in [-0.15, -0.1) is 0 Å². The number of nitrogens with one attached hydrogen (secondary N) is 1. The predicted octanol–water partition coefficient (Wildman–Crippen LogP) is 4.25. The van der Waals surface area contributed by atoms with Crippen LogP contribution in [0, 0.1) is 6.92 Å². The summed E-state index contributed by atoms with van der Waals surface area (Å²) in [5.41, 5.74) is -0.0458. The van der Waals surface area contributed by atoms with Crippen molar-refractivity contribution in [2.75, 3.05) is 20.2 Å². The van der Waals surface area contributed by atoms with Crippen LogP contribution in [0.5, 0.6) is 0 Å². The number of H-pyrrole nitrogens is 1. The molecule has 1 aromatic heterocycles. The zero-order chi connectivity index (χ0) is 20.8. The molecule has 4 rings (SSSR count). The number of methoxy groups -OCH3 is 1. The molecule has 0 amide bonds. The Morgan fingerprint density at radius 1 is 1.03 bits per heavy atom. The van der Waals surface area contributed by atoms with Gasteiger partial charge in [0.15, 0.2) is 0 Å². The Balaban J connectivity index is 1.51. The van der Waals surface area contributed by atoms with Crippen LogP contribution < -0.4 is 5.69 Å². The highest BCUT2D eigenvalue weighted by Crippen LogP contribution is 2.35. The topological polar surface area (TPSA) is 50.3 Å². The number of aryl methyl sites for hydroxylation is 1. The van der Waals surface area contributed by atoms with Crippen molar-refractivity contribution in [2.24, 2.45) is 0 Å². The quantitative estimate of drug-likeness (QED) is 0.822. The number of nitrogens with zero attached hydrogens (tertiary/aromatic N) is 2. The molecular weight excluding hydrogens is 383 g/mol. The Morgan fingerprint density at radius 2 is 1.69 bits per heavy atom. The summed E-state index contributed by atoms with van der Waals surface area (Å²) >= 11 is 0. The van der Waals surface area contributed by atoms with Gasteiger partial charge in [0.2, 0.25) is 0 Å². The number of aromatic amines is 1. The number of likely N-dealkylation sites (tertiary alicyclic amines) is 1. The maximum Gasteiger partial charge on any atom is 0.416 e. The van der Waals surface area contributed by atoms with Crippen LogP contribution in [0.3, 0.4) is 0 Å². The fraction of sp³-hybridized carbons (Fsp3) is 0.667. The smallest absolute Gasteiger partial charge is 0.381 e. The number of imidazole rings is 1. The third kappa shape index (κ3) is 3.97. The molecule has 0 bridgehead atoms. The molecule has 1 aromatic carbocycles. The van der Waals surface area contributed by atoms with Crippen molar-refractivity contribution in [3.8, 4) is 0 Å². The summed E-state index contributed by atoms with van der Waals surface area (Å²) in [4.78, 5) is 17.7. The first-order valence-electron chi connectivity index (χ1n) is 10.4. The van der Waals surface area contributed by atoms with Gasteiger partial charge >= 0.3 is 11.9 Å². The van der Waals surface area contributed by atoms with Gasteiger partial charge in [0.05, 0.1) is 22.7 Å². The van der Waals surface area contributed by atoms with Gasteiger partial charge in [-0.3, -0.25) is 4.57 Å². The van der Waals surface area contributed by atoms with Crippen LogP contribution in [0.4, 0.5) is 13.2 Å². The molecule has 1 saturated carbocycles. The van der Waals surface area contributed by atoms with Crippen molar-refractivity contribution in [2.45, 2.75) is 69.8 Å².